The number of rotatable bonds is 3. The Hall–Kier alpha value is 0.0600. The molecule has 1 aliphatic rings. The van der Waals surface area contributed by atoms with Crippen molar-refractivity contribution in [2.75, 3.05) is 6.61 Å². The van der Waals surface area contributed by atoms with Gasteiger partial charge in [-0.25, -0.2) is 0 Å². The monoisotopic (exact) mass is 290 g/mol. The zero-order valence-electron chi connectivity index (χ0n) is 8.57. The summed E-state index contributed by atoms with van der Waals surface area (Å²) in [4.78, 5) is 1.26. The van der Waals surface area contributed by atoms with Gasteiger partial charge in [-0.15, -0.1) is 11.3 Å². The Morgan fingerprint density at radius 1 is 1.73 bits per heavy atom. The Bertz CT molecular complexity index is 331. The summed E-state index contributed by atoms with van der Waals surface area (Å²) in [6.45, 7) is 2.95. The highest BCUT2D eigenvalue weighted by atomic mass is 79.9. The number of nitrogens with one attached hydrogen (secondary N) is 1. The van der Waals surface area contributed by atoms with Crippen molar-refractivity contribution in [2.45, 2.75) is 25.5 Å². The maximum Gasteiger partial charge on any atom is 0.0618 e. The maximum absolute atomic E-state index is 5.66. The number of hydrogen-bond donors (Lipinski definition) is 2. The van der Waals surface area contributed by atoms with Gasteiger partial charge in [0.2, 0.25) is 0 Å². The van der Waals surface area contributed by atoms with Gasteiger partial charge in [-0.1, -0.05) is 0 Å². The van der Waals surface area contributed by atoms with Crippen molar-refractivity contribution in [3.8, 4) is 0 Å². The molecule has 2 heterocycles. The van der Waals surface area contributed by atoms with Gasteiger partial charge in [0.15, 0.2) is 0 Å². The van der Waals surface area contributed by atoms with Crippen LogP contribution in [-0.4, -0.2) is 12.7 Å². The third-order valence-corrected chi connectivity index (χ3v) is 4.92. The fraction of sp³-hybridized carbons (Fsp3) is 0.600. The van der Waals surface area contributed by atoms with Crippen LogP contribution >= 0.6 is 27.3 Å². The molecular weight excluding hydrogens is 276 g/mol. The van der Waals surface area contributed by atoms with E-state index in [2.05, 4.69) is 39.7 Å². The van der Waals surface area contributed by atoms with Crippen molar-refractivity contribution in [3.63, 3.8) is 0 Å². The lowest BCUT2D eigenvalue weighted by molar-refractivity contribution is 0.0957. The highest BCUT2D eigenvalue weighted by Gasteiger charge is 2.33. The van der Waals surface area contributed by atoms with Gasteiger partial charge >= 0.3 is 0 Å². The summed E-state index contributed by atoms with van der Waals surface area (Å²) in [5, 5.41) is 2.07. The summed E-state index contributed by atoms with van der Waals surface area (Å²) in [6, 6.07) is 2.25. The Morgan fingerprint density at radius 2 is 2.53 bits per heavy atom. The van der Waals surface area contributed by atoms with Gasteiger partial charge < -0.3 is 4.74 Å². The van der Waals surface area contributed by atoms with E-state index in [4.69, 9.17) is 10.6 Å². The number of halogens is 1. The van der Waals surface area contributed by atoms with E-state index in [0.717, 1.165) is 17.5 Å². The average Bonchev–Trinajstić information content (AvgIpc) is 2.80. The summed E-state index contributed by atoms with van der Waals surface area (Å²) in [7, 11) is 0. The highest BCUT2D eigenvalue weighted by Crippen LogP contribution is 2.38. The van der Waals surface area contributed by atoms with Crippen LogP contribution < -0.4 is 11.3 Å². The van der Waals surface area contributed by atoms with Crippen molar-refractivity contribution in [2.24, 2.45) is 11.8 Å². The molecule has 0 amide bonds. The lowest BCUT2D eigenvalue weighted by Gasteiger charge is -2.24. The van der Waals surface area contributed by atoms with Crippen LogP contribution in [0.1, 0.15) is 24.3 Å². The molecule has 1 aromatic rings. The molecule has 0 radical (unpaired) electrons. The number of ether oxygens (including phenoxy) is 1. The average molecular weight is 291 g/mol. The van der Waals surface area contributed by atoms with Gasteiger partial charge in [0, 0.05) is 21.9 Å². The number of thiophene rings is 1. The van der Waals surface area contributed by atoms with Gasteiger partial charge in [0.25, 0.3) is 0 Å². The predicted octanol–water partition coefficient (Wildman–Crippen LogP) is 2.44. The van der Waals surface area contributed by atoms with E-state index in [1.807, 2.05) is 0 Å². The fourth-order valence-electron chi connectivity index (χ4n) is 2.11. The first-order chi connectivity index (χ1) is 7.24. The van der Waals surface area contributed by atoms with Gasteiger partial charge in [0.1, 0.15) is 0 Å². The standard InChI is InChI=1S/C10H15BrN2OS/c1-6-7(2-4-14-6)9(13-12)10-8(11)3-5-15-10/h3,5-7,9,13H,2,4,12H2,1H3. The lowest BCUT2D eigenvalue weighted by Crippen LogP contribution is -2.35. The Labute approximate surface area is 102 Å². The molecular formula is C10H15BrN2OS. The molecule has 15 heavy (non-hydrogen) atoms. The minimum absolute atomic E-state index is 0.192. The van der Waals surface area contributed by atoms with Crippen LogP contribution in [0.25, 0.3) is 0 Å². The molecule has 2 rings (SSSR count). The van der Waals surface area contributed by atoms with Crippen molar-refractivity contribution >= 4 is 27.3 Å². The Kier molecular flexibility index (Phi) is 3.79. The lowest BCUT2D eigenvalue weighted by atomic mass is 9.93. The van der Waals surface area contributed by atoms with Crippen LogP contribution in [0.5, 0.6) is 0 Å². The molecule has 5 heteroatoms. The summed E-state index contributed by atoms with van der Waals surface area (Å²) < 4.78 is 6.71. The minimum atomic E-state index is 0.192. The maximum atomic E-state index is 5.66. The van der Waals surface area contributed by atoms with Crippen LogP contribution in [-0.2, 0) is 4.74 Å². The molecule has 1 saturated heterocycles. The Morgan fingerprint density at radius 3 is 3.00 bits per heavy atom. The topological polar surface area (TPSA) is 47.3 Å². The summed E-state index contributed by atoms with van der Waals surface area (Å²) >= 11 is 5.27. The van der Waals surface area contributed by atoms with Crippen LogP contribution in [0.3, 0.4) is 0 Å². The second-order valence-corrected chi connectivity index (χ2v) is 5.61. The Balaban J connectivity index is 2.20. The first kappa shape index (κ1) is 11.5. The van der Waals surface area contributed by atoms with Gasteiger partial charge in [-0.3, -0.25) is 11.3 Å². The van der Waals surface area contributed by atoms with Crippen LogP contribution in [0.15, 0.2) is 15.9 Å². The number of hydrogen-bond acceptors (Lipinski definition) is 4. The van der Waals surface area contributed by atoms with Crippen molar-refractivity contribution < 1.29 is 4.74 Å². The molecule has 1 aliphatic heterocycles. The third kappa shape index (κ3) is 2.26. The van der Waals surface area contributed by atoms with E-state index in [0.29, 0.717) is 5.92 Å². The molecule has 84 valence electrons. The summed E-state index contributed by atoms with van der Waals surface area (Å²) in [5.74, 6) is 6.12. The number of hydrazine groups is 1. The fourth-order valence-corrected chi connectivity index (χ4v) is 3.86. The van der Waals surface area contributed by atoms with E-state index >= 15 is 0 Å². The summed E-state index contributed by atoms with van der Waals surface area (Å²) in [5.41, 5.74) is 2.92. The SMILES string of the molecule is CC1OCCC1C(NN)c1sccc1Br. The zero-order chi connectivity index (χ0) is 10.8. The molecule has 0 bridgehead atoms. The van der Waals surface area contributed by atoms with Crippen molar-refractivity contribution in [1.29, 1.82) is 0 Å². The van der Waals surface area contributed by atoms with Crippen LogP contribution in [0.4, 0.5) is 0 Å². The van der Waals surface area contributed by atoms with Crippen molar-refractivity contribution in [1.82, 2.24) is 5.43 Å². The molecule has 1 aromatic heterocycles. The minimum Gasteiger partial charge on any atom is -0.378 e. The smallest absolute Gasteiger partial charge is 0.0618 e. The predicted molar refractivity (Wildman–Crippen MR) is 65.6 cm³/mol. The van der Waals surface area contributed by atoms with Crippen molar-refractivity contribution in [3.05, 3.63) is 20.8 Å². The highest BCUT2D eigenvalue weighted by molar-refractivity contribution is 9.10. The first-order valence-electron chi connectivity index (χ1n) is 5.04. The molecule has 3 atom stereocenters. The van der Waals surface area contributed by atoms with Gasteiger partial charge in [-0.2, -0.15) is 0 Å². The molecule has 0 spiro atoms. The summed E-state index contributed by atoms with van der Waals surface area (Å²) in [6.07, 6.45) is 1.35. The van der Waals surface area contributed by atoms with E-state index in [-0.39, 0.29) is 12.1 Å². The first-order valence-corrected chi connectivity index (χ1v) is 6.72. The molecule has 0 aromatic carbocycles. The largest absolute Gasteiger partial charge is 0.378 e. The molecule has 3 unspecified atom stereocenters. The quantitative estimate of drug-likeness (QED) is 0.664. The second kappa shape index (κ2) is 4.93. The van der Waals surface area contributed by atoms with Gasteiger partial charge in [0.05, 0.1) is 12.1 Å². The van der Waals surface area contributed by atoms with E-state index in [1.165, 1.54) is 4.88 Å². The third-order valence-electron chi connectivity index (χ3n) is 2.97. The van der Waals surface area contributed by atoms with Crippen LogP contribution in [0, 0.1) is 5.92 Å². The van der Waals surface area contributed by atoms with Crippen LogP contribution in [0.2, 0.25) is 0 Å². The van der Waals surface area contributed by atoms with E-state index in [9.17, 15) is 0 Å². The van der Waals surface area contributed by atoms with Gasteiger partial charge in [-0.05, 0) is 40.7 Å². The molecule has 3 nitrogen and oxygen atoms in total. The normalized spacial score (nSPS) is 28.2. The molecule has 3 N–H and O–H groups in total. The number of nitrogens with two attached hydrogens (primary N) is 1. The molecule has 1 fully saturated rings. The zero-order valence-corrected chi connectivity index (χ0v) is 11.0. The molecule has 0 saturated carbocycles. The molecule has 0 aliphatic carbocycles. The van der Waals surface area contributed by atoms with E-state index < -0.39 is 0 Å². The van der Waals surface area contributed by atoms with E-state index in [1.54, 1.807) is 11.3 Å². The second-order valence-electron chi connectivity index (χ2n) is 3.81.